The van der Waals surface area contributed by atoms with E-state index in [0.29, 0.717) is 23.1 Å². The van der Waals surface area contributed by atoms with Crippen LogP contribution in [0.25, 0.3) is 0 Å². The Hall–Kier alpha value is -1.75. The van der Waals surface area contributed by atoms with Crippen LogP contribution >= 0.6 is 11.6 Å². The molecule has 0 saturated carbocycles. The lowest BCUT2D eigenvalue weighted by Gasteiger charge is -2.18. The summed E-state index contributed by atoms with van der Waals surface area (Å²) >= 11 is 6.06. The summed E-state index contributed by atoms with van der Waals surface area (Å²) < 4.78 is 0. The Bertz CT molecular complexity index is 512. The van der Waals surface area contributed by atoms with Crippen molar-refractivity contribution in [1.82, 2.24) is 0 Å². The fraction of sp³-hybridized carbons (Fsp3) is 0.333. The summed E-state index contributed by atoms with van der Waals surface area (Å²) in [6.07, 6.45) is 0.729. The molecule has 2 rings (SSSR count). The smallest absolute Gasteiger partial charge is 0.217 e. The zero-order valence-electron chi connectivity index (χ0n) is 10.2. The van der Waals surface area contributed by atoms with Gasteiger partial charge < -0.3 is 17.2 Å². The topological polar surface area (TPSA) is 103 Å². The average Bonchev–Trinajstić information content (AvgIpc) is 2.29. The molecule has 0 bridgehead atoms. The predicted octanol–water partition coefficient (Wildman–Crippen LogP) is 1.07. The number of nitrogens with zero attached hydrogens (tertiary/aromatic N) is 2. The molecule has 0 fully saturated rings. The molecule has 0 radical (unpaired) electrons. The van der Waals surface area contributed by atoms with E-state index in [4.69, 9.17) is 28.8 Å². The largest absolute Gasteiger partial charge is 0.397 e. The quantitative estimate of drug-likeness (QED) is 0.697. The summed E-state index contributed by atoms with van der Waals surface area (Å²) in [6.45, 7) is 2.49. The third kappa shape index (κ3) is 2.56. The predicted molar refractivity (Wildman–Crippen MR) is 75.9 cm³/mol. The molecule has 1 atom stereocenters. The Balaban J connectivity index is 2.19. The van der Waals surface area contributed by atoms with Crippen LogP contribution in [0, 0.1) is 12.8 Å². The minimum Gasteiger partial charge on any atom is -0.397 e. The molecule has 6 heteroatoms. The number of amidine groups is 1. The maximum atomic E-state index is 6.06. The van der Waals surface area contributed by atoms with Crippen molar-refractivity contribution in [3.8, 4) is 0 Å². The first-order valence-corrected chi connectivity index (χ1v) is 6.03. The van der Waals surface area contributed by atoms with Crippen molar-refractivity contribution < 1.29 is 0 Å². The van der Waals surface area contributed by atoms with E-state index in [0.717, 1.165) is 17.5 Å². The SMILES string of the molecule is Cc1cc(CC2CN=C(N)N=C2N)cc(Cl)c1N. The van der Waals surface area contributed by atoms with Crippen molar-refractivity contribution in [3.63, 3.8) is 0 Å². The van der Waals surface area contributed by atoms with Gasteiger partial charge in [0.1, 0.15) is 5.84 Å². The van der Waals surface area contributed by atoms with Gasteiger partial charge in [-0.05, 0) is 30.5 Å². The van der Waals surface area contributed by atoms with Crippen LogP contribution in [0.2, 0.25) is 5.02 Å². The van der Waals surface area contributed by atoms with Gasteiger partial charge in [-0.2, -0.15) is 0 Å². The van der Waals surface area contributed by atoms with Crippen molar-refractivity contribution in [3.05, 3.63) is 28.3 Å². The fourth-order valence-corrected chi connectivity index (χ4v) is 2.24. The number of guanidine groups is 1. The van der Waals surface area contributed by atoms with Crippen LogP contribution in [0.3, 0.4) is 0 Å². The minimum absolute atomic E-state index is 0.0661. The summed E-state index contributed by atoms with van der Waals surface area (Å²) in [7, 11) is 0. The molecule has 96 valence electrons. The summed E-state index contributed by atoms with van der Waals surface area (Å²) in [6, 6.07) is 3.87. The van der Waals surface area contributed by atoms with E-state index >= 15 is 0 Å². The summed E-state index contributed by atoms with van der Waals surface area (Å²) in [5.41, 5.74) is 19.8. The molecule has 6 N–H and O–H groups in total. The van der Waals surface area contributed by atoms with Gasteiger partial charge in [-0.1, -0.05) is 17.7 Å². The van der Waals surface area contributed by atoms with Crippen LogP contribution in [0.1, 0.15) is 11.1 Å². The number of halogens is 1. The molecule has 0 spiro atoms. The number of benzene rings is 1. The second-order valence-electron chi connectivity index (χ2n) is 4.44. The molecule has 1 aliphatic heterocycles. The number of hydrogen-bond acceptors (Lipinski definition) is 5. The first-order valence-electron chi connectivity index (χ1n) is 5.66. The van der Waals surface area contributed by atoms with Gasteiger partial charge in [0.25, 0.3) is 0 Å². The number of aryl methyl sites for hydroxylation is 1. The van der Waals surface area contributed by atoms with Crippen molar-refractivity contribution in [2.24, 2.45) is 27.4 Å². The van der Waals surface area contributed by atoms with E-state index in [1.165, 1.54) is 0 Å². The van der Waals surface area contributed by atoms with Crippen LogP contribution < -0.4 is 17.2 Å². The minimum atomic E-state index is 0.0661. The normalized spacial score (nSPS) is 19.3. The molecule has 1 aromatic carbocycles. The second-order valence-corrected chi connectivity index (χ2v) is 4.85. The molecule has 1 aliphatic rings. The molecular weight excluding hydrogens is 250 g/mol. The van der Waals surface area contributed by atoms with Crippen LogP contribution in [0.4, 0.5) is 5.69 Å². The number of nitrogens with two attached hydrogens (primary N) is 3. The van der Waals surface area contributed by atoms with Crippen molar-refractivity contribution >= 4 is 29.1 Å². The van der Waals surface area contributed by atoms with E-state index in [9.17, 15) is 0 Å². The number of aliphatic imine (C=N–C) groups is 2. The maximum Gasteiger partial charge on any atom is 0.217 e. The lowest BCUT2D eigenvalue weighted by Crippen LogP contribution is -2.34. The molecule has 5 nitrogen and oxygen atoms in total. The first-order chi connectivity index (χ1) is 8.47. The van der Waals surface area contributed by atoms with Crippen LogP contribution in [-0.4, -0.2) is 18.3 Å². The molecule has 18 heavy (non-hydrogen) atoms. The van der Waals surface area contributed by atoms with Crippen LogP contribution in [0.15, 0.2) is 22.1 Å². The van der Waals surface area contributed by atoms with Gasteiger partial charge in [-0.25, -0.2) is 4.99 Å². The number of hydrogen-bond donors (Lipinski definition) is 3. The maximum absolute atomic E-state index is 6.06. The Morgan fingerprint density at radius 1 is 1.33 bits per heavy atom. The van der Waals surface area contributed by atoms with Crippen molar-refractivity contribution in [2.75, 3.05) is 12.3 Å². The summed E-state index contributed by atoms with van der Waals surface area (Å²) in [4.78, 5) is 8.08. The van der Waals surface area contributed by atoms with Gasteiger partial charge in [0.15, 0.2) is 0 Å². The molecule has 0 amide bonds. The zero-order chi connectivity index (χ0) is 13.3. The molecule has 1 aromatic rings. The monoisotopic (exact) mass is 265 g/mol. The summed E-state index contributed by atoms with van der Waals surface area (Å²) in [5, 5.41) is 0.569. The Morgan fingerprint density at radius 3 is 2.67 bits per heavy atom. The first kappa shape index (κ1) is 12.7. The fourth-order valence-electron chi connectivity index (χ4n) is 1.95. The van der Waals surface area contributed by atoms with Gasteiger partial charge in [-0.15, -0.1) is 0 Å². The third-order valence-electron chi connectivity index (χ3n) is 3.01. The zero-order valence-corrected chi connectivity index (χ0v) is 10.9. The number of nitrogen functional groups attached to an aromatic ring is 1. The van der Waals surface area contributed by atoms with E-state index < -0.39 is 0 Å². The molecule has 0 aromatic heterocycles. The highest BCUT2D eigenvalue weighted by Crippen LogP contribution is 2.26. The van der Waals surface area contributed by atoms with Crippen molar-refractivity contribution in [2.45, 2.75) is 13.3 Å². The average molecular weight is 266 g/mol. The van der Waals surface area contributed by atoms with Gasteiger partial charge in [0.2, 0.25) is 5.96 Å². The number of anilines is 1. The second kappa shape index (κ2) is 4.86. The Kier molecular flexibility index (Phi) is 3.43. The number of rotatable bonds is 2. The van der Waals surface area contributed by atoms with Gasteiger partial charge in [0, 0.05) is 5.92 Å². The molecule has 1 heterocycles. The Labute approximate surface area is 111 Å². The van der Waals surface area contributed by atoms with Crippen LogP contribution in [-0.2, 0) is 6.42 Å². The van der Waals surface area contributed by atoms with E-state index in [2.05, 4.69) is 9.98 Å². The van der Waals surface area contributed by atoms with E-state index in [-0.39, 0.29) is 11.9 Å². The molecular formula is C12H16ClN5. The molecule has 1 unspecified atom stereocenters. The van der Waals surface area contributed by atoms with Crippen molar-refractivity contribution in [1.29, 1.82) is 0 Å². The van der Waals surface area contributed by atoms with E-state index in [1.807, 2.05) is 19.1 Å². The highest BCUT2D eigenvalue weighted by atomic mass is 35.5. The lowest BCUT2D eigenvalue weighted by atomic mass is 9.96. The van der Waals surface area contributed by atoms with Gasteiger partial charge >= 0.3 is 0 Å². The highest BCUT2D eigenvalue weighted by Gasteiger charge is 2.18. The Morgan fingerprint density at radius 2 is 2.06 bits per heavy atom. The molecule has 0 aliphatic carbocycles. The lowest BCUT2D eigenvalue weighted by molar-refractivity contribution is 0.683. The van der Waals surface area contributed by atoms with E-state index in [1.54, 1.807) is 0 Å². The highest BCUT2D eigenvalue weighted by molar-refractivity contribution is 6.33. The third-order valence-corrected chi connectivity index (χ3v) is 3.33. The van der Waals surface area contributed by atoms with Gasteiger partial charge in [-0.3, -0.25) is 4.99 Å². The summed E-state index contributed by atoms with van der Waals surface area (Å²) in [5.74, 6) is 0.833. The van der Waals surface area contributed by atoms with Gasteiger partial charge in [0.05, 0.1) is 17.3 Å². The molecule has 0 saturated heterocycles. The van der Waals surface area contributed by atoms with Crippen LogP contribution in [0.5, 0.6) is 0 Å². The standard InChI is InChI=1S/C12H16ClN5/c1-6-2-7(4-9(13)10(6)14)3-8-5-17-12(16)18-11(8)15/h2,4,8H,3,5,14H2,1H3,(H4,15,16,17,18).